The topological polar surface area (TPSA) is 59.7 Å². The third kappa shape index (κ3) is 3.19. The van der Waals surface area contributed by atoms with Crippen molar-refractivity contribution in [2.75, 3.05) is 6.54 Å². The van der Waals surface area contributed by atoms with Gasteiger partial charge in [-0.2, -0.15) is 5.10 Å². The molecule has 6 heteroatoms. The molecule has 1 saturated heterocycles. The summed E-state index contributed by atoms with van der Waals surface area (Å²) in [4.78, 5) is 15.3. The van der Waals surface area contributed by atoms with Gasteiger partial charge in [-0.15, -0.1) is 0 Å². The van der Waals surface area contributed by atoms with Crippen LogP contribution in [0.2, 0.25) is 0 Å². The molecule has 2 aromatic rings. The summed E-state index contributed by atoms with van der Waals surface area (Å²) in [5.41, 5.74) is 2.01. The number of nitrogens with zero attached hydrogens (tertiary/aromatic N) is 6. The summed E-state index contributed by atoms with van der Waals surface area (Å²) in [5.74, 6) is 0. The van der Waals surface area contributed by atoms with Crippen LogP contribution >= 0.6 is 0 Å². The van der Waals surface area contributed by atoms with Gasteiger partial charge in [-0.05, 0) is 26.3 Å². The number of hydrogen-bond donors (Lipinski definition) is 0. The van der Waals surface area contributed by atoms with E-state index in [0.29, 0.717) is 6.04 Å². The molecular weight excluding hydrogens is 252 g/mol. The number of rotatable bonds is 4. The molecule has 106 valence electrons. The average molecular weight is 272 g/mol. The van der Waals surface area contributed by atoms with Crippen LogP contribution in [-0.4, -0.2) is 42.2 Å². The second-order valence-electron chi connectivity index (χ2n) is 5.39. The van der Waals surface area contributed by atoms with Gasteiger partial charge < -0.3 is 0 Å². The molecule has 1 atom stereocenters. The fourth-order valence-electron chi connectivity index (χ4n) is 2.73. The summed E-state index contributed by atoms with van der Waals surface area (Å²) in [6.07, 6.45) is 10.9. The highest BCUT2D eigenvalue weighted by Gasteiger charge is 2.23. The maximum Gasteiger partial charge on any atom is 0.137 e. The zero-order chi connectivity index (χ0) is 13.8. The molecule has 20 heavy (non-hydrogen) atoms. The summed E-state index contributed by atoms with van der Waals surface area (Å²) in [6, 6.07) is 0.508. The highest BCUT2D eigenvalue weighted by molar-refractivity contribution is 5.01. The molecule has 3 heterocycles. The molecule has 0 radical (unpaired) electrons. The van der Waals surface area contributed by atoms with Gasteiger partial charge in [-0.1, -0.05) is 6.42 Å². The third-order valence-corrected chi connectivity index (χ3v) is 3.81. The molecule has 0 aliphatic carbocycles. The summed E-state index contributed by atoms with van der Waals surface area (Å²) >= 11 is 0. The van der Waals surface area contributed by atoms with E-state index in [0.717, 1.165) is 31.0 Å². The zero-order valence-electron chi connectivity index (χ0n) is 11.8. The SMILES string of the molecule is Cc1cnc(CN2CCCC[C@H]2Cn2cncn2)cn1. The van der Waals surface area contributed by atoms with Crippen molar-refractivity contribution in [1.82, 2.24) is 29.6 Å². The van der Waals surface area contributed by atoms with Crippen molar-refractivity contribution < 1.29 is 0 Å². The molecule has 0 bridgehead atoms. The standard InChI is InChI=1S/C14H20N6/c1-12-6-17-13(7-16-12)8-19-5-3-2-4-14(19)9-20-11-15-10-18-20/h6-7,10-11,14H,2-5,8-9H2,1H3/t14-/m0/s1. The van der Waals surface area contributed by atoms with Gasteiger partial charge in [0.15, 0.2) is 0 Å². The minimum atomic E-state index is 0.508. The van der Waals surface area contributed by atoms with Crippen LogP contribution < -0.4 is 0 Å². The highest BCUT2D eigenvalue weighted by atomic mass is 15.3. The van der Waals surface area contributed by atoms with Crippen LogP contribution in [0.4, 0.5) is 0 Å². The third-order valence-electron chi connectivity index (χ3n) is 3.81. The smallest absolute Gasteiger partial charge is 0.137 e. The molecule has 2 aromatic heterocycles. The molecule has 0 unspecified atom stereocenters. The average Bonchev–Trinajstić information content (AvgIpc) is 2.96. The fourth-order valence-corrected chi connectivity index (χ4v) is 2.73. The number of piperidine rings is 1. The van der Waals surface area contributed by atoms with Crippen LogP contribution in [0, 0.1) is 6.92 Å². The second-order valence-corrected chi connectivity index (χ2v) is 5.39. The Labute approximate surface area is 118 Å². The van der Waals surface area contributed by atoms with Gasteiger partial charge in [0.1, 0.15) is 12.7 Å². The van der Waals surface area contributed by atoms with Gasteiger partial charge in [0, 0.05) is 25.0 Å². The Morgan fingerprint density at radius 2 is 2.20 bits per heavy atom. The van der Waals surface area contributed by atoms with E-state index in [1.54, 1.807) is 12.7 Å². The van der Waals surface area contributed by atoms with Gasteiger partial charge >= 0.3 is 0 Å². The Morgan fingerprint density at radius 1 is 1.25 bits per heavy atom. The Balaban J connectivity index is 1.67. The van der Waals surface area contributed by atoms with E-state index in [1.165, 1.54) is 19.3 Å². The largest absolute Gasteiger partial charge is 0.293 e. The first-order valence-electron chi connectivity index (χ1n) is 7.15. The molecule has 0 N–H and O–H groups in total. The van der Waals surface area contributed by atoms with Crippen molar-refractivity contribution >= 4 is 0 Å². The molecule has 0 aromatic carbocycles. The van der Waals surface area contributed by atoms with Crippen LogP contribution in [0.3, 0.4) is 0 Å². The van der Waals surface area contributed by atoms with E-state index in [-0.39, 0.29) is 0 Å². The number of aromatic nitrogens is 5. The molecule has 1 aliphatic heterocycles. The maximum absolute atomic E-state index is 4.46. The predicted octanol–water partition coefficient (Wildman–Crippen LogP) is 1.43. The van der Waals surface area contributed by atoms with E-state index in [9.17, 15) is 0 Å². The first kappa shape index (κ1) is 13.2. The Kier molecular flexibility index (Phi) is 4.01. The highest BCUT2D eigenvalue weighted by Crippen LogP contribution is 2.20. The van der Waals surface area contributed by atoms with Gasteiger partial charge in [-0.25, -0.2) is 4.98 Å². The van der Waals surface area contributed by atoms with Crippen LogP contribution in [-0.2, 0) is 13.1 Å². The zero-order valence-corrected chi connectivity index (χ0v) is 11.8. The van der Waals surface area contributed by atoms with Crippen molar-refractivity contribution in [3.63, 3.8) is 0 Å². The lowest BCUT2D eigenvalue weighted by Crippen LogP contribution is -2.41. The molecule has 0 amide bonds. The monoisotopic (exact) mass is 272 g/mol. The lowest BCUT2D eigenvalue weighted by Gasteiger charge is -2.35. The number of hydrogen-bond acceptors (Lipinski definition) is 5. The van der Waals surface area contributed by atoms with Gasteiger partial charge in [0.05, 0.1) is 17.9 Å². The lowest BCUT2D eigenvalue weighted by molar-refractivity contribution is 0.120. The Bertz CT molecular complexity index is 521. The number of likely N-dealkylation sites (tertiary alicyclic amines) is 1. The predicted molar refractivity (Wildman–Crippen MR) is 74.8 cm³/mol. The van der Waals surface area contributed by atoms with Crippen LogP contribution in [0.15, 0.2) is 25.0 Å². The molecule has 0 saturated carbocycles. The molecule has 3 rings (SSSR count). The van der Waals surface area contributed by atoms with Crippen molar-refractivity contribution in [1.29, 1.82) is 0 Å². The summed E-state index contributed by atoms with van der Waals surface area (Å²) < 4.78 is 1.92. The maximum atomic E-state index is 4.46. The van der Waals surface area contributed by atoms with Gasteiger partial charge in [0.2, 0.25) is 0 Å². The number of aryl methyl sites for hydroxylation is 1. The molecule has 1 fully saturated rings. The summed E-state index contributed by atoms with van der Waals surface area (Å²) in [7, 11) is 0. The minimum absolute atomic E-state index is 0.508. The lowest BCUT2D eigenvalue weighted by atomic mass is 10.0. The van der Waals surface area contributed by atoms with E-state index < -0.39 is 0 Å². The normalized spacial score (nSPS) is 20.1. The van der Waals surface area contributed by atoms with Gasteiger partial charge in [0.25, 0.3) is 0 Å². The van der Waals surface area contributed by atoms with E-state index in [1.807, 2.05) is 24.0 Å². The van der Waals surface area contributed by atoms with Crippen molar-refractivity contribution in [3.8, 4) is 0 Å². The fraction of sp³-hybridized carbons (Fsp3) is 0.571. The molecule has 1 aliphatic rings. The first-order chi connectivity index (χ1) is 9.81. The second kappa shape index (κ2) is 6.09. The van der Waals surface area contributed by atoms with E-state index in [4.69, 9.17) is 0 Å². The quantitative estimate of drug-likeness (QED) is 0.842. The van der Waals surface area contributed by atoms with E-state index >= 15 is 0 Å². The van der Waals surface area contributed by atoms with Crippen molar-refractivity contribution in [3.05, 3.63) is 36.4 Å². The van der Waals surface area contributed by atoms with Crippen molar-refractivity contribution in [2.24, 2.45) is 0 Å². The van der Waals surface area contributed by atoms with Crippen molar-refractivity contribution in [2.45, 2.75) is 45.3 Å². The minimum Gasteiger partial charge on any atom is -0.293 e. The van der Waals surface area contributed by atoms with E-state index in [2.05, 4.69) is 25.0 Å². The summed E-state index contributed by atoms with van der Waals surface area (Å²) in [5, 5.41) is 4.21. The van der Waals surface area contributed by atoms with Crippen LogP contribution in [0.25, 0.3) is 0 Å². The van der Waals surface area contributed by atoms with Crippen LogP contribution in [0.1, 0.15) is 30.7 Å². The summed E-state index contributed by atoms with van der Waals surface area (Å²) in [6.45, 7) is 4.85. The van der Waals surface area contributed by atoms with Gasteiger partial charge in [-0.3, -0.25) is 19.5 Å². The molecule has 6 nitrogen and oxygen atoms in total. The Morgan fingerprint density at radius 3 is 2.95 bits per heavy atom. The molecular formula is C14H20N6. The first-order valence-corrected chi connectivity index (χ1v) is 7.15. The Hall–Kier alpha value is -1.82. The molecule has 0 spiro atoms. The van der Waals surface area contributed by atoms with Crippen LogP contribution in [0.5, 0.6) is 0 Å².